The lowest BCUT2D eigenvalue weighted by atomic mass is 10.3. The van der Waals surface area contributed by atoms with Gasteiger partial charge in [0.05, 0.1) is 21.4 Å². The third-order valence-corrected chi connectivity index (χ3v) is 4.32. The van der Waals surface area contributed by atoms with E-state index in [4.69, 9.17) is 11.6 Å². The van der Waals surface area contributed by atoms with Crippen molar-refractivity contribution in [3.63, 3.8) is 0 Å². The molecule has 3 rings (SSSR count). The molecule has 1 amide bonds. The van der Waals surface area contributed by atoms with Gasteiger partial charge in [-0.2, -0.15) is 0 Å². The Balaban J connectivity index is 1.68. The minimum absolute atomic E-state index is 0.0642. The minimum atomic E-state index is -0.553. The second-order valence-electron chi connectivity index (χ2n) is 4.67. The van der Waals surface area contributed by atoms with Crippen molar-refractivity contribution in [2.75, 3.05) is 11.1 Å². The summed E-state index contributed by atoms with van der Waals surface area (Å²) in [5.41, 5.74) is 0.732. The first-order chi connectivity index (χ1) is 11.5. The Hall–Kier alpha value is -2.65. The average molecular weight is 364 g/mol. The zero-order chi connectivity index (χ0) is 17.1. The highest BCUT2D eigenvalue weighted by atomic mass is 35.5. The molecule has 1 N–H and O–H groups in total. The van der Waals surface area contributed by atoms with Gasteiger partial charge in [-0.15, -0.1) is 10.2 Å². The SMILES string of the molecule is O=C(CSc1nnc2ccccn12)Nc1cc([N+](=O)[O-])ccc1Cl. The number of benzene rings is 1. The number of amides is 1. The molecule has 0 fully saturated rings. The van der Waals surface area contributed by atoms with Gasteiger partial charge in [0.25, 0.3) is 5.69 Å². The third kappa shape index (κ3) is 3.47. The summed E-state index contributed by atoms with van der Waals surface area (Å²) in [5, 5.41) is 22.1. The molecule has 0 aliphatic heterocycles. The number of aromatic nitrogens is 3. The fourth-order valence-corrected chi connectivity index (χ4v) is 2.85. The van der Waals surface area contributed by atoms with Gasteiger partial charge in [-0.1, -0.05) is 29.4 Å². The number of carbonyl (C=O) groups excluding carboxylic acids is 1. The van der Waals surface area contributed by atoms with Crippen LogP contribution in [-0.2, 0) is 4.79 Å². The summed E-state index contributed by atoms with van der Waals surface area (Å²) in [6.07, 6.45) is 1.80. The Labute approximate surface area is 145 Å². The maximum atomic E-state index is 12.1. The van der Waals surface area contributed by atoms with E-state index in [1.54, 1.807) is 16.7 Å². The highest BCUT2D eigenvalue weighted by Crippen LogP contribution is 2.27. The molecule has 24 heavy (non-hydrogen) atoms. The summed E-state index contributed by atoms with van der Waals surface area (Å²) in [4.78, 5) is 22.3. The number of pyridine rings is 1. The summed E-state index contributed by atoms with van der Waals surface area (Å²) in [6.45, 7) is 0. The third-order valence-electron chi connectivity index (χ3n) is 3.05. The van der Waals surface area contributed by atoms with Gasteiger partial charge in [0.15, 0.2) is 10.8 Å². The predicted molar refractivity (Wildman–Crippen MR) is 90.4 cm³/mol. The van der Waals surface area contributed by atoms with E-state index < -0.39 is 4.92 Å². The fraction of sp³-hybridized carbons (Fsp3) is 0.0714. The van der Waals surface area contributed by atoms with E-state index >= 15 is 0 Å². The summed E-state index contributed by atoms with van der Waals surface area (Å²) < 4.78 is 1.76. The Morgan fingerprint density at radius 1 is 1.33 bits per heavy atom. The molecule has 3 aromatic rings. The summed E-state index contributed by atoms with van der Waals surface area (Å²) in [7, 11) is 0. The first-order valence-corrected chi connectivity index (χ1v) is 8.07. The van der Waals surface area contributed by atoms with Crippen LogP contribution in [0.1, 0.15) is 0 Å². The standard InChI is InChI=1S/C14H10ClN5O3S/c15-10-5-4-9(20(22)23)7-11(10)16-13(21)8-24-14-18-17-12-3-1-2-6-19(12)14/h1-7H,8H2,(H,16,21). The molecule has 122 valence electrons. The van der Waals surface area contributed by atoms with Crippen LogP contribution in [0.2, 0.25) is 5.02 Å². The van der Waals surface area contributed by atoms with Crippen LogP contribution in [0.15, 0.2) is 47.8 Å². The second kappa shape index (κ2) is 6.85. The normalized spacial score (nSPS) is 10.7. The smallest absolute Gasteiger partial charge is 0.271 e. The van der Waals surface area contributed by atoms with Crippen molar-refractivity contribution in [3.05, 3.63) is 57.7 Å². The maximum absolute atomic E-state index is 12.1. The maximum Gasteiger partial charge on any atom is 0.271 e. The lowest BCUT2D eigenvalue weighted by molar-refractivity contribution is -0.384. The molecule has 0 atom stereocenters. The Bertz CT molecular complexity index is 930. The minimum Gasteiger partial charge on any atom is -0.324 e. The molecular formula is C14H10ClN5O3S. The summed E-state index contributed by atoms with van der Waals surface area (Å²) in [5.74, 6) is -0.288. The van der Waals surface area contributed by atoms with Crippen LogP contribution >= 0.6 is 23.4 Å². The first kappa shape index (κ1) is 16.2. The predicted octanol–water partition coefficient (Wildman–Crippen LogP) is 3.02. The molecule has 0 bridgehead atoms. The number of nitrogens with zero attached hydrogens (tertiary/aromatic N) is 4. The molecule has 0 saturated carbocycles. The number of hydrogen-bond donors (Lipinski definition) is 1. The Morgan fingerprint density at radius 3 is 2.96 bits per heavy atom. The number of fused-ring (bicyclic) bond motifs is 1. The van der Waals surface area contributed by atoms with Gasteiger partial charge in [0.1, 0.15) is 0 Å². The number of nitro groups is 1. The molecule has 8 nitrogen and oxygen atoms in total. The molecule has 0 aliphatic carbocycles. The lowest BCUT2D eigenvalue weighted by Crippen LogP contribution is -2.14. The van der Waals surface area contributed by atoms with E-state index in [1.807, 2.05) is 12.1 Å². The van der Waals surface area contributed by atoms with Crippen LogP contribution in [0.4, 0.5) is 11.4 Å². The number of nitrogens with one attached hydrogen (secondary N) is 1. The van der Waals surface area contributed by atoms with Gasteiger partial charge >= 0.3 is 0 Å². The van der Waals surface area contributed by atoms with Crippen molar-refractivity contribution >= 4 is 46.3 Å². The molecule has 10 heteroatoms. The zero-order valence-electron chi connectivity index (χ0n) is 12.0. The first-order valence-electron chi connectivity index (χ1n) is 6.71. The van der Waals surface area contributed by atoms with Crippen LogP contribution in [0, 0.1) is 10.1 Å². The van der Waals surface area contributed by atoms with Crippen molar-refractivity contribution < 1.29 is 9.72 Å². The van der Waals surface area contributed by atoms with Crippen LogP contribution < -0.4 is 5.32 Å². The number of anilines is 1. The van der Waals surface area contributed by atoms with Crippen LogP contribution in [0.5, 0.6) is 0 Å². The lowest BCUT2D eigenvalue weighted by Gasteiger charge is -2.06. The van der Waals surface area contributed by atoms with Crippen LogP contribution in [0.25, 0.3) is 5.65 Å². The molecular weight excluding hydrogens is 354 g/mol. The topological polar surface area (TPSA) is 102 Å². The van der Waals surface area contributed by atoms with Gasteiger partial charge in [-0.3, -0.25) is 19.3 Å². The van der Waals surface area contributed by atoms with Gasteiger partial charge in [-0.05, 0) is 18.2 Å². The van der Waals surface area contributed by atoms with Crippen molar-refractivity contribution in [1.29, 1.82) is 0 Å². The molecule has 0 aliphatic rings. The van der Waals surface area contributed by atoms with Gasteiger partial charge in [0, 0.05) is 18.3 Å². The number of hydrogen-bond acceptors (Lipinski definition) is 6. The summed E-state index contributed by atoms with van der Waals surface area (Å²) in [6, 6.07) is 9.35. The number of nitro benzene ring substituents is 1. The molecule has 0 spiro atoms. The molecule has 2 aromatic heterocycles. The highest BCUT2D eigenvalue weighted by Gasteiger charge is 2.13. The number of thioether (sulfide) groups is 1. The van der Waals surface area contributed by atoms with E-state index in [0.717, 1.165) is 0 Å². The van der Waals surface area contributed by atoms with Crippen molar-refractivity contribution in [3.8, 4) is 0 Å². The summed E-state index contributed by atoms with van der Waals surface area (Å²) >= 11 is 7.15. The average Bonchev–Trinajstić information content (AvgIpc) is 2.98. The molecule has 0 unspecified atom stereocenters. The largest absolute Gasteiger partial charge is 0.324 e. The van der Waals surface area contributed by atoms with E-state index in [1.165, 1.54) is 30.0 Å². The highest BCUT2D eigenvalue weighted by molar-refractivity contribution is 7.99. The van der Waals surface area contributed by atoms with Gasteiger partial charge in [-0.25, -0.2) is 0 Å². The quantitative estimate of drug-likeness (QED) is 0.424. The molecule has 0 saturated heterocycles. The monoisotopic (exact) mass is 363 g/mol. The number of carbonyl (C=O) groups is 1. The van der Waals surface area contributed by atoms with Crippen molar-refractivity contribution in [1.82, 2.24) is 14.6 Å². The number of rotatable bonds is 5. The second-order valence-corrected chi connectivity index (χ2v) is 6.02. The molecule has 1 aromatic carbocycles. The van der Waals surface area contributed by atoms with Gasteiger partial charge < -0.3 is 5.32 Å². The molecule has 0 radical (unpaired) electrons. The van der Waals surface area contributed by atoms with E-state index in [2.05, 4.69) is 15.5 Å². The number of halogens is 1. The van der Waals surface area contributed by atoms with Crippen LogP contribution in [0.3, 0.4) is 0 Å². The van der Waals surface area contributed by atoms with E-state index in [0.29, 0.717) is 10.8 Å². The zero-order valence-corrected chi connectivity index (χ0v) is 13.6. The van der Waals surface area contributed by atoms with Crippen molar-refractivity contribution in [2.45, 2.75) is 5.16 Å². The van der Waals surface area contributed by atoms with Crippen molar-refractivity contribution in [2.24, 2.45) is 0 Å². The fourth-order valence-electron chi connectivity index (χ4n) is 1.96. The van der Waals surface area contributed by atoms with Crippen LogP contribution in [-0.4, -0.2) is 31.2 Å². The number of non-ortho nitro benzene ring substituents is 1. The van der Waals surface area contributed by atoms with E-state index in [9.17, 15) is 14.9 Å². The Morgan fingerprint density at radius 2 is 2.17 bits per heavy atom. The Kier molecular flexibility index (Phi) is 4.63. The van der Waals surface area contributed by atoms with Gasteiger partial charge in [0.2, 0.25) is 5.91 Å². The molecule has 2 heterocycles. The van der Waals surface area contributed by atoms with E-state index in [-0.39, 0.29) is 28.1 Å².